The van der Waals surface area contributed by atoms with Gasteiger partial charge in [0.15, 0.2) is 0 Å². The van der Waals surface area contributed by atoms with Crippen molar-refractivity contribution in [3.63, 3.8) is 0 Å². The first kappa shape index (κ1) is 16.8. The number of carbonyl (C=O) groups excluding carboxylic acids is 2. The molecule has 1 aromatic heterocycles. The van der Waals surface area contributed by atoms with Crippen LogP contribution < -0.4 is 11.1 Å². The average Bonchev–Trinajstić information content (AvgIpc) is 3.30. The molecule has 2 amide bonds. The molecule has 0 unspecified atom stereocenters. The van der Waals surface area contributed by atoms with Crippen molar-refractivity contribution in [2.75, 3.05) is 0 Å². The van der Waals surface area contributed by atoms with Gasteiger partial charge in [-0.05, 0) is 50.5 Å². The first-order valence-electron chi connectivity index (χ1n) is 7.92. The summed E-state index contributed by atoms with van der Waals surface area (Å²) in [6.07, 6.45) is 2.30. The van der Waals surface area contributed by atoms with Crippen molar-refractivity contribution in [2.24, 2.45) is 5.73 Å². The van der Waals surface area contributed by atoms with Gasteiger partial charge in [-0.3, -0.25) is 9.59 Å². The van der Waals surface area contributed by atoms with Crippen LogP contribution in [0.25, 0.3) is 0 Å². The Morgan fingerprint density at radius 1 is 1.29 bits per heavy atom. The van der Waals surface area contributed by atoms with Gasteiger partial charge in [0.2, 0.25) is 5.91 Å². The summed E-state index contributed by atoms with van der Waals surface area (Å²) in [5.74, 6) is -0.865. The average molecular weight is 390 g/mol. The number of hydrogen-bond donors (Lipinski definition) is 2. The van der Waals surface area contributed by atoms with Crippen LogP contribution >= 0.6 is 15.9 Å². The first-order valence-corrected chi connectivity index (χ1v) is 8.72. The summed E-state index contributed by atoms with van der Waals surface area (Å²) in [5, 5.41) is 2.77. The molecule has 0 saturated heterocycles. The zero-order chi connectivity index (χ0) is 17.4. The number of carbonyl (C=O) groups is 2. The third kappa shape index (κ3) is 3.24. The standard InChI is InChI=1S/C18H20BrN3O2/c1-10-8-15(11(2)22(10)14-6-7-14)18(24)21-16(17(20)23)12-4-3-5-13(19)9-12/h3-5,8-9,14,16H,6-7H2,1-2H3,(H2,20,23)(H,21,24)/t16-/m0/s1. The van der Waals surface area contributed by atoms with Crippen molar-refractivity contribution in [2.45, 2.75) is 38.8 Å². The van der Waals surface area contributed by atoms with Crippen molar-refractivity contribution in [3.8, 4) is 0 Å². The van der Waals surface area contributed by atoms with E-state index in [0.717, 1.165) is 28.7 Å². The van der Waals surface area contributed by atoms with Crippen LogP contribution in [0.2, 0.25) is 0 Å². The fourth-order valence-electron chi connectivity index (χ4n) is 3.12. The van der Waals surface area contributed by atoms with Gasteiger partial charge in [0.05, 0.1) is 5.56 Å². The van der Waals surface area contributed by atoms with Crippen LogP contribution in [-0.2, 0) is 4.79 Å². The number of aryl methyl sites for hydroxylation is 1. The zero-order valence-corrected chi connectivity index (χ0v) is 15.3. The number of nitrogens with two attached hydrogens (primary N) is 1. The van der Waals surface area contributed by atoms with Gasteiger partial charge in [-0.2, -0.15) is 0 Å². The number of nitrogens with one attached hydrogen (secondary N) is 1. The molecule has 1 heterocycles. The quantitative estimate of drug-likeness (QED) is 0.823. The van der Waals surface area contributed by atoms with E-state index in [1.165, 1.54) is 0 Å². The van der Waals surface area contributed by atoms with E-state index in [1.54, 1.807) is 18.2 Å². The minimum atomic E-state index is -0.862. The predicted octanol–water partition coefficient (Wildman–Crippen LogP) is 3.16. The Bertz CT molecular complexity index is 809. The lowest BCUT2D eigenvalue weighted by Crippen LogP contribution is -2.37. The highest BCUT2D eigenvalue weighted by Crippen LogP contribution is 2.38. The molecule has 1 aliphatic rings. The molecule has 1 aromatic carbocycles. The van der Waals surface area contributed by atoms with Crippen molar-refractivity contribution >= 4 is 27.7 Å². The Labute approximate surface area is 149 Å². The largest absolute Gasteiger partial charge is 0.368 e. The van der Waals surface area contributed by atoms with Crippen molar-refractivity contribution in [1.29, 1.82) is 0 Å². The Kier molecular flexibility index (Phi) is 4.49. The van der Waals surface area contributed by atoms with Crippen LogP contribution in [0.5, 0.6) is 0 Å². The molecule has 126 valence electrons. The Morgan fingerprint density at radius 3 is 2.58 bits per heavy atom. The second-order valence-electron chi connectivity index (χ2n) is 6.25. The highest BCUT2D eigenvalue weighted by molar-refractivity contribution is 9.10. The lowest BCUT2D eigenvalue weighted by Gasteiger charge is -2.16. The van der Waals surface area contributed by atoms with Gasteiger partial charge >= 0.3 is 0 Å². The monoisotopic (exact) mass is 389 g/mol. The van der Waals surface area contributed by atoms with Gasteiger partial charge in [-0.15, -0.1) is 0 Å². The topological polar surface area (TPSA) is 77.1 Å². The molecular weight excluding hydrogens is 370 g/mol. The maximum Gasteiger partial charge on any atom is 0.254 e. The van der Waals surface area contributed by atoms with Gasteiger partial charge in [-0.25, -0.2) is 0 Å². The van der Waals surface area contributed by atoms with E-state index < -0.39 is 11.9 Å². The summed E-state index contributed by atoms with van der Waals surface area (Å²) in [5.41, 5.74) is 8.76. The number of benzene rings is 1. The minimum Gasteiger partial charge on any atom is -0.368 e. The van der Waals surface area contributed by atoms with Crippen LogP contribution in [0.1, 0.15) is 52.2 Å². The number of hydrogen-bond acceptors (Lipinski definition) is 2. The number of halogens is 1. The van der Waals surface area contributed by atoms with Gasteiger partial charge in [0.1, 0.15) is 6.04 Å². The molecule has 3 rings (SSSR count). The second-order valence-corrected chi connectivity index (χ2v) is 7.17. The maximum absolute atomic E-state index is 12.7. The van der Waals surface area contributed by atoms with E-state index in [1.807, 2.05) is 26.0 Å². The van der Waals surface area contributed by atoms with E-state index in [2.05, 4.69) is 25.8 Å². The molecule has 24 heavy (non-hydrogen) atoms. The lowest BCUT2D eigenvalue weighted by molar-refractivity contribution is -0.120. The van der Waals surface area contributed by atoms with Crippen molar-refractivity contribution < 1.29 is 9.59 Å². The molecule has 3 N–H and O–H groups in total. The Morgan fingerprint density at radius 2 is 2.00 bits per heavy atom. The van der Waals surface area contributed by atoms with Gasteiger partial charge in [0.25, 0.3) is 5.91 Å². The van der Waals surface area contributed by atoms with Crippen LogP contribution in [0.4, 0.5) is 0 Å². The summed E-state index contributed by atoms with van der Waals surface area (Å²) >= 11 is 3.37. The molecule has 2 aromatic rings. The number of aromatic nitrogens is 1. The molecular formula is C18H20BrN3O2. The summed E-state index contributed by atoms with van der Waals surface area (Å²) in [6.45, 7) is 3.95. The van der Waals surface area contributed by atoms with Gasteiger partial charge < -0.3 is 15.6 Å². The van der Waals surface area contributed by atoms with Crippen LogP contribution in [0.15, 0.2) is 34.8 Å². The zero-order valence-electron chi connectivity index (χ0n) is 13.7. The van der Waals surface area contributed by atoms with E-state index >= 15 is 0 Å². The molecule has 1 saturated carbocycles. The van der Waals surface area contributed by atoms with Crippen LogP contribution in [-0.4, -0.2) is 16.4 Å². The molecule has 1 fully saturated rings. The molecule has 1 atom stereocenters. The highest BCUT2D eigenvalue weighted by atomic mass is 79.9. The number of rotatable bonds is 5. The summed E-state index contributed by atoms with van der Waals surface area (Å²) in [7, 11) is 0. The highest BCUT2D eigenvalue weighted by Gasteiger charge is 2.29. The molecule has 5 nitrogen and oxygen atoms in total. The molecule has 0 spiro atoms. The van der Waals surface area contributed by atoms with Crippen molar-refractivity contribution in [3.05, 3.63) is 57.3 Å². The Balaban J connectivity index is 1.87. The fraction of sp³-hybridized carbons (Fsp3) is 0.333. The normalized spacial score (nSPS) is 15.1. The lowest BCUT2D eigenvalue weighted by atomic mass is 10.1. The smallest absolute Gasteiger partial charge is 0.254 e. The van der Waals surface area contributed by atoms with Gasteiger partial charge in [-0.1, -0.05) is 28.1 Å². The van der Waals surface area contributed by atoms with Gasteiger partial charge in [0, 0.05) is 21.9 Å². The predicted molar refractivity (Wildman–Crippen MR) is 95.7 cm³/mol. The third-order valence-electron chi connectivity index (χ3n) is 4.38. The van der Waals surface area contributed by atoms with E-state index in [-0.39, 0.29) is 5.91 Å². The van der Waals surface area contributed by atoms with Crippen molar-refractivity contribution in [1.82, 2.24) is 9.88 Å². The van der Waals surface area contributed by atoms with E-state index in [4.69, 9.17) is 5.73 Å². The summed E-state index contributed by atoms with van der Waals surface area (Å²) < 4.78 is 3.03. The van der Waals surface area contributed by atoms with Crippen LogP contribution in [0, 0.1) is 13.8 Å². The third-order valence-corrected chi connectivity index (χ3v) is 4.88. The SMILES string of the molecule is Cc1cc(C(=O)N[C@H](C(N)=O)c2cccc(Br)c2)c(C)n1C1CC1. The second kappa shape index (κ2) is 6.43. The minimum absolute atomic E-state index is 0.279. The number of primary amides is 1. The van der Waals surface area contributed by atoms with Crippen LogP contribution in [0.3, 0.4) is 0 Å². The molecule has 0 radical (unpaired) electrons. The molecule has 6 heteroatoms. The molecule has 1 aliphatic carbocycles. The number of nitrogens with zero attached hydrogens (tertiary/aromatic N) is 1. The fourth-order valence-corrected chi connectivity index (χ4v) is 3.53. The molecule has 0 bridgehead atoms. The first-order chi connectivity index (χ1) is 11.4. The summed E-state index contributed by atoms with van der Waals surface area (Å²) in [6, 6.07) is 8.73. The number of amides is 2. The molecule has 0 aliphatic heterocycles. The summed E-state index contributed by atoms with van der Waals surface area (Å²) in [4.78, 5) is 24.5. The maximum atomic E-state index is 12.7. The van der Waals surface area contributed by atoms with E-state index in [0.29, 0.717) is 17.2 Å². The van der Waals surface area contributed by atoms with E-state index in [9.17, 15) is 9.59 Å². The Hall–Kier alpha value is -2.08.